The lowest BCUT2D eigenvalue weighted by molar-refractivity contribution is -0.870. The summed E-state index contributed by atoms with van der Waals surface area (Å²) in [6.45, 7) is 4.63. The molecule has 8 nitrogen and oxygen atoms in total. The Kier molecular flexibility index (Phi) is 39.7. The Bertz CT molecular complexity index is 984. The number of hydrogen-bond donors (Lipinski definition) is 2. The van der Waals surface area contributed by atoms with Crippen LogP contribution in [-0.4, -0.2) is 68.5 Å². The van der Waals surface area contributed by atoms with E-state index in [1.165, 1.54) is 167 Å². The second-order valence-corrected chi connectivity index (χ2v) is 19.2. The minimum absolute atomic E-state index is 0.000447. The van der Waals surface area contributed by atoms with E-state index >= 15 is 0 Å². The number of carbonyl (C=O) groups excluding carboxylic acids is 1. The number of carbonyl (C=O) groups is 1. The van der Waals surface area contributed by atoms with Crippen LogP contribution < -0.4 is 10.2 Å². The van der Waals surface area contributed by atoms with Crippen molar-refractivity contribution in [3.8, 4) is 0 Å². The van der Waals surface area contributed by atoms with Gasteiger partial charge in [0.05, 0.1) is 39.9 Å². The molecule has 0 heterocycles. The van der Waals surface area contributed by atoms with Gasteiger partial charge < -0.3 is 28.8 Å². The average molecular weight is 827 g/mol. The molecule has 0 radical (unpaired) electrons. The number of hydrogen-bond acceptors (Lipinski definition) is 6. The van der Waals surface area contributed by atoms with E-state index in [0.717, 1.165) is 38.5 Å². The van der Waals surface area contributed by atoms with Crippen molar-refractivity contribution >= 4 is 13.7 Å². The van der Waals surface area contributed by atoms with Crippen molar-refractivity contribution in [3.63, 3.8) is 0 Å². The maximum Gasteiger partial charge on any atom is 0.268 e. The molecule has 0 saturated carbocycles. The summed E-state index contributed by atoms with van der Waals surface area (Å²) in [5, 5.41) is 13.7. The van der Waals surface area contributed by atoms with E-state index in [2.05, 4.69) is 31.3 Å². The van der Waals surface area contributed by atoms with Crippen molar-refractivity contribution in [2.24, 2.45) is 0 Å². The third-order valence-corrected chi connectivity index (χ3v) is 11.9. The zero-order chi connectivity index (χ0) is 42.1. The summed E-state index contributed by atoms with van der Waals surface area (Å²) in [6.07, 6.45) is 48.1. The molecule has 0 aromatic heterocycles. The standard InChI is InChI=1S/C48H95N2O6P/c1-6-8-10-12-14-16-18-19-20-21-22-23-24-25-26-27-28-29-30-31-32-34-36-38-40-42-48(52)49-46(45-56-57(53,54)55-44-43-50(3,4)5)47(51)41-39-37-35-33-17-15-13-11-9-7-2/h25-26,39,41,46-47,51H,6-24,27-38,40,42-45H2,1-5H3,(H-,49,52,53,54)/b26-25-,41-39+. The predicted octanol–water partition coefficient (Wildman–Crippen LogP) is 13.1. The van der Waals surface area contributed by atoms with Crippen LogP contribution in [-0.2, 0) is 18.4 Å². The number of quaternary nitrogens is 1. The van der Waals surface area contributed by atoms with Crippen LogP contribution in [0.2, 0.25) is 0 Å². The Labute approximate surface area is 354 Å². The van der Waals surface area contributed by atoms with Crippen LogP contribution in [0.1, 0.15) is 226 Å². The normalized spacial score (nSPS) is 14.4. The van der Waals surface area contributed by atoms with Gasteiger partial charge in [0.25, 0.3) is 7.82 Å². The maximum absolute atomic E-state index is 12.9. The van der Waals surface area contributed by atoms with Crippen LogP contribution in [0.4, 0.5) is 0 Å². The van der Waals surface area contributed by atoms with E-state index in [1.54, 1.807) is 6.08 Å². The number of allylic oxidation sites excluding steroid dienone is 3. The first kappa shape index (κ1) is 56.0. The second-order valence-electron chi connectivity index (χ2n) is 17.8. The summed E-state index contributed by atoms with van der Waals surface area (Å²) in [7, 11) is 1.26. The first-order valence-corrected chi connectivity index (χ1v) is 25.7. The van der Waals surface area contributed by atoms with Crippen molar-refractivity contribution in [1.82, 2.24) is 5.32 Å². The molecule has 0 rings (SSSR count). The highest BCUT2D eigenvalue weighted by atomic mass is 31.2. The van der Waals surface area contributed by atoms with Gasteiger partial charge in [-0.2, -0.15) is 0 Å². The van der Waals surface area contributed by atoms with Crippen LogP contribution in [0.5, 0.6) is 0 Å². The molecular weight excluding hydrogens is 732 g/mol. The van der Waals surface area contributed by atoms with E-state index in [0.29, 0.717) is 17.4 Å². The number of nitrogens with zero attached hydrogens (tertiary/aromatic N) is 1. The summed E-state index contributed by atoms with van der Waals surface area (Å²) < 4.78 is 23.2. The molecule has 3 unspecified atom stereocenters. The number of amides is 1. The number of nitrogens with one attached hydrogen (secondary N) is 1. The number of rotatable bonds is 44. The van der Waals surface area contributed by atoms with Crippen LogP contribution in [0.25, 0.3) is 0 Å². The fourth-order valence-electron chi connectivity index (χ4n) is 7.03. The molecule has 0 aromatic carbocycles. The Morgan fingerprint density at radius 1 is 0.596 bits per heavy atom. The average Bonchev–Trinajstić information content (AvgIpc) is 3.16. The van der Waals surface area contributed by atoms with E-state index in [9.17, 15) is 19.4 Å². The van der Waals surface area contributed by atoms with E-state index in [-0.39, 0.29) is 19.1 Å². The lowest BCUT2D eigenvalue weighted by atomic mass is 10.0. The van der Waals surface area contributed by atoms with Gasteiger partial charge >= 0.3 is 0 Å². The lowest BCUT2D eigenvalue weighted by Crippen LogP contribution is -2.45. The van der Waals surface area contributed by atoms with Gasteiger partial charge in [-0.1, -0.05) is 199 Å². The van der Waals surface area contributed by atoms with Crippen molar-refractivity contribution in [1.29, 1.82) is 0 Å². The van der Waals surface area contributed by atoms with Gasteiger partial charge in [-0.25, -0.2) is 0 Å². The number of phosphoric acid groups is 1. The van der Waals surface area contributed by atoms with Crippen LogP contribution >= 0.6 is 7.82 Å². The maximum atomic E-state index is 12.9. The van der Waals surface area contributed by atoms with Crippen molar-refractivity contribution in [3.05, 3.63) is 24.3 Å². The Morgan fingerprint density at radius 3 is 1.37 bits per heavy atom. The monoisotopic (exact) mass is 827 g/mol. The molecule has 0 aliphatic carbocycles. The van der Waals surface area contributed by atoms with Crippen molar-refractivity contribution in [2.75, 3.05) is 40.9 Å². The molecule has 0 saturated heterocycles. The van der Waals surface area contributed by atoms with E-state index in [4.69, 9.17) is 9.05 Å². The van der Waals surface area contributed by atoms with Gasteiger partial charge in [0.1, 0.15) is 13.2 Å². The number of aliphatic hydroxyl groups is 1. The van der Waals surface area contributed by atoms with Crippen molar-refractivity contribution in [2.45, 2.75) is 238 Å². The van der Waals surface area contributed by atoms with Gasteiger partial charge in [-0.3, -0.25) is 9.36 Å². The molecule has 0 bridgehead atoms. The highest BCUT2D eigenvalue weighted by Gasteiger charge is 2.23. The molecule has 1 amide bonds. The molecule has 9 heteroatoms. The number of aliphatic hydroxyl groups excluding tert-OH is 1. The minimum atomic E-state index is -4.58. The van der Waals surface area contributed by atoms with E-state index < -0.39 is 20.0 Å². The quantitative estimate of drug-likeness (QED) is 0.0274. The summed E-state index contributed by atoms with van der Waals surface area (Å²) >= 11 is 0. The molecule has 0 fully saturated rings. The summed E-state index contributed by atoms with van der Waals surface area (Å²) in [6, 6.07) is -0.883. The topological polar surface area (TPSA) is 108 Å². The first-order chi connectivity index (χ1) is 27.5. The zero-order valence-corrected chi connectivity index (χ0v) is 39.2. The molecule has 3 atom stereocenters. The summed E-state index contributed by atoms with van der Waals surface area (Å²) in [4.78, 5) is 25.3. The van der Waals surface area contributed by atoms with Gasteiger partial charge in [0, 0.05) is 6.42 Å². The Hall–Kier alpha value is -1.02. The van der Waals surface area contributed by atoms with E-state index in [1.807, 2.05) is 27.2 Å². The first-order valence-electron chi connectivity index (χ1n) is 24.2. The fraction of sp³-hybridized carbons (Fsp3) is 0.896. The summed E-state index contributed by atoms with van der Waals surface area (Å²) in [5.41, 5.74) is 0. The SMILES string of the molecule is CCCCCCCCCC/C=C/C(O)C(COP(=O)([O-])OCC[N+](C)(C)C)NC(=O)CCCCCCCCCCC/C=C\CCCCCCCCCCCCCC. The number of unbranched alkanes of at least 4 members (excludes halogenated alkanes) is 29. The van der Waals surface area contributed by atoms with Crippen LogP contribution in [0.15, 0.2) is 24.3 Å². The highest BCUT2D eigenvalue weighted by Crippen LogP contribution is 2.38. The van der Waals surface area contributed by atoms with Gasteiger partial charge in [0.2, 0.25) is 5.91 Å². The predicted molar refractivity (Wildman–Crippen MR) is 242 cm³/mol. The second kappa shape index (κ2) is 40.4. The number of phosphoric ester groups is 1. The molecule has 0 aliphatic rings. The van der Waals surface area contributed by atoms with Gasteiger partial charge in [-0.15, -0.1) is 0 Å². The lowest BCUT2D eigenvalue weighted by Gasteiger charge is -2.29. The molecule has 57 heavy (non-hydrogen) atoms. The molecule has 0 aromatic rings. The highest BCUT2D eigenvalue weighted by molar-refractivity contribution is 7.45. The van der Waals surface area contributed by atoms with Gasteiger partial charge in [-0.05, 0) is 44.9 Å². The summed E-state index contributed by atoms with van der Waals surface area (Å²) in [5.74, 6) is -0.200. The largest absolute Gasteiger partial charge is 0.756 e. The number of likely N-dealkylation sites (N-methyl/N-ethyl adjacent to an activating group) is 1. The Balaban J connectivity index is 4.15. The zero-order valence-electron chi connectivity index (χ0n) is 38.3. The minimum Gasteiger partial charge on any atom is -0.756 e. The third-order valence-electron chi connectivity index (χ3n) is 10.9. The molecule has 0 aliphatic heterocycles. The molecule has 338 valence electrons. The fourth-order valence-corrected chi connectivity index (χ4v) is 7.75. The van der Waals surface area contributed by atoms with Crippen LogP contribution in [0, 0.1) is 0 Å². The molecular formula is C48H95N2O6P. The van der Waals surface area contributed by atoms with Crippen LogP contribution in [0.3, 0.4) is 0 Å². The third kappa shape index (κ3) is 42.9. The molecule has 0 spiro atoms. The van der Waals surface area contributed by atoms with Gasteiger partial charge in [0.15, 0.2) is 0 Å². The smallest absolute Gasteiger partial charge is 0.268 e. The Morgan fingerprint density at radius 2 is 0.965 bits per heavy atom. The van der Waals surface area contributed by atoms with Crippen molar-refractivity contribution < 1.29 is 32.9 Å². The molecule has 2 N–H and O–H groups in total.